The highest BCUT2D eigenvalue weighted by Gasteiger charge is 2.16. The van der Waals surface area contributed by atoms with Gasteiger partial charge < -0.3 is 14.8 Å². The van der Waals surface area contributed by atoms with Crippen LogP contribution in [0, 0.1) is 5.82 Å². The van der Waals surface area contributed by atoms with Crippen LogP contribution in [-0.2, 0) is 16.1 Å². The molecule has 0 fully saturated rings. The molecule has 0 aliphatic carbocycles. The maximum Gasteiger partial charge on any atom is 0.211 e. The molecular weight excluding hydrogens is 189 g/mol. The Kier molecular flexibility index (Phi) is 2.32. The Morgan fingerprint density at radius 3 is 3.14 bits per heavy atom. The predicted octanol–water partition coefficient (Wildman–Crippen LogP) is 1.26. The number of amides is 1. The van der Waals surface area contributed by atoms with Crippen LogP contribution in [0.5, 0.6) is 5.75 Å². The maximum atomic E-state index is 13.0. The highest BCUT2D eigenvalue weighted by Crippen LogP contribution is 2.32. The van der Waals surface area contributed by atoms with E-state index in [2.05, 4.69) is 5.32 Å². The normalized spacial score (nSPS) is 14.1. The molecule has 14 heavy (non-hydrogen) atoms. The number of hydrogen-bond acceptors (Lipinski definition) is 3. The Balaban J connectivity index is 2.46. The van der Waals surface area contributed by atoms with E-state index in [-0.39, 0.29) is 6.79 Å². The summed E-state index contributed by atoms with van der Waals surface area (Å²) in [5, 5.41) is 2.38. The van der Waals surface area contributed by atoms with E-state index in [1.54, 1.807) is 0 Å². The van der Waals surface area contributed by atoms with Gasteiger partial charge in [-0.25, -0.2) is 4.39 Å². The molecule has 5 heteroatoms. The number of nitrogens with one attached hydrogen (secondary N) is 1. The van der Waals surface area contributed by atoms with Gasteiger partial charge in [-0.2, -0.15) is 0 Å². The minimum atomic E-state index is -0.429. The first-order valence-corrected chi connectivity index (χ1v) is 4.04. The second-order valence-electron chi connectivity index (χ2n) is 2.81. The SMILES string of the molecule is O=CNc1cc(F)cc2c1OCOC2. The topological polar surface area (TPSA) is 47.6 Å². The quantitative estimate of drug-likeness (QED) is 0.726. The standard InChI is InChI=1S/C9H8FNO3/c10-7-1-6-3-13-5-14-9(6)8(2-7)11-4-12/h1-2,4H,3,5H2,(H,11,12). The Morgan fingerprint density at radius 1 is 1.50 bits per heavy atom. The molecule has 0 aromatic heterocycles. The van der Waals surface area contributed by atoms with Crippen molar-refractivity contribution in [1.82, 2.24) is 0 Å². The molecule has 0 radical (unpaired) electrons. The van der Waals surface area contributed by atoms with Gasteiger partial charge >= 0.3 is 0 Å². The van der Waals surface area contributed by atoms with Crippen LogP contribution in [0.2, 0.25) is 0 Å². The van der Waals surface area contributed by atoms with Crippen molar-refractivity contribution in [3.05, 3.63) is 23.5 Å². The van der Waals surface area contributed by atoms with Crippen LogP contribution in [0.1, 0.15) is 5.56 Å². The second kappa shape index (κ2) is 3.63. The number of fused-ring (bicyclic) bond motifs is 1. The van der Waals surface area contributed by atoms with E-state index in [1.165, 1.54) is 12.1 Å². The van der Waals surface area contributed by atoms with Crippen LogP contribution in [0.15, 0.2) is 12.1 Å². The van der Waals surface area contributed by atoms with Crippen molar-refractivity contribution in [3.8, 4) is 5.75 Å². The second-order valence-corrected chi connectivity index (χ2v) is 2.81. The number of carbonyl (C=O) groups excluding carboxylic acids is 1. The van der Waals surface area contributed by atoms with E-state index >= 15 is 0 Å². The lowest BCUT2D eigenvalue weighted by Crippen LogP contribution is -2.13. The molecule has 0 bridgehead atoms. The van der Waals surface area contributed by atoms with Gasteiger partial charge in [0.05, 0.1) is 12.3 Å². The number of rotatable bonds is 2. The van der Waals surface area contributed by atoms with Gasteiger partial charge in [-0.3, -0.25) is 4.79 Å². The van der Waals surface area contributed by atoms with Crippen molar-refractivity contribution < 1.29 is 18.7 Å². The van der Waals surface area contributed by atoms with Gasteiger partial charge in [0, 0.05) is 11.6 Å². The molecule has 1 N–H and O–H groups in total. The van der Waals surface area contributed by atoms with Gasteiger partial charge in [-0.05, 0) is 6.07 Å². The number of ether oxygens (including phenoxy) is 2. The van der Waals surface area contributed by atoms with Crippen molar-refractivity contribution in [2.24, 2.45) is 0 Å². The average Bonchev–Trinajstić information content (AvgIpc) is 2.18. The summed E-state index contributed by atoms with van der Waals surface area (Å²) in [4.78, 5) is 10.3. The zero-order valence-electron chi connectivity index (χ0n) is 7.25. The lowest BCUT2D eigenvalue weighted by atomic mass is 10.1. The fourth-order valence-electron chi connectivity index (χ4n) is 1.35. The van der Waals surface area contributed by atoms with Crippen molar-refractivity contribution in [2.45, 2.75) is 6.61 Å². The lowest BCUT2D eigenvalue weighted by molar-refractivity contribution is -0.105. The summed E-state index contributed by atoms with van der Waals surface area (Å²) in [5.74, 6) is 0.0481. The summed E-state index contributed by atoms with van der Waals surface area (Å²) in [7, 11) is 0. The summed E-state index contributed by atoms with van der Waals surface area (Å²) in [6.07, 6.45) is 0.480. The molecule has 0 saturated heterocycles. The first-order valence-electron chi connectivity index (χ1n) is 4.04. The van der Waals surface area contributed by atoms with Crippen LogP contribution < -0.4 is 10.1 Å². The molecule has 74 valence electrons. The third-order valence-electron chi connectivity index (χ3n) is 1.89. The molecule has 4 nitrogen and oxygen atoms in total. The summed E-state index contributed by atoms with van der Waals surface area (Å²) >= 11 is 0. The molecule has 1 aliphatic rings. The van der Waals surface area contributed by atoms with Crippen molar-refractivity contribution >= 4 is 12.1 Å². The van der Waals surface area contributed by atoms with E-state index in [4.69, 9.17) is 9.47 Å². The summed E-state index contributed by atoms with van der Waals surface area (Å²) in [6.45, 7) is 0.410. The molecule has 1 amide bonds. The minimum Gasteiger partial charge on any atom is -0.465 e. The highest BCUT2D eigenvalue weighted by molar-refractivity contribution is 5.76. The summed E-state index contributed by atoms with van der Waals surface area (Å²) in [6, 6.07) is 2.53. The van der Waals surface area contributed by atoms with Crippen molar-refractivity contribution in [3.63, 3.8) is 0 Å². The van der Waals surface area contributed by atoms with E-state index in [9.17, 15) is 9.18 Å². The van der Waals surface area contributed by atoms with Crippen LogP contribution in [-0.4, -0.2) is 13.2 Å². The van der Waals surface area contributed by atoms with Gasteiger partial charge in [-0.1, -0.05) is 0 Å². The van der Waals surface area contributed by atoms with E-state index in [1.807, 2.05) is 0 Å². The Bertz CT molecular complexity index is 367. The Morgan fingerprint density at radius 2 is 2.36 bits per heavy atom. The third-order valence-corrected chi connectivity index (χ3v) is 1.89. The molecule has 1 aromatic carbocycles. The van der Waals surface area contributed by atoms with Gasteiger partial charge in [0.15, 0.2) is 12.5 Å². The molecule has 0 unspecified atom stereocenters. The minimum absolute atomic E-state index is 0.117. The molecule has 0 spiro atoms. The number of hydrogen-bond donors (Lipinski definition) is 1. The third kappa shape index (κ3) is 1.54. The Labute approximate surface area is 79.6 Å². The van der Waals surface area contributed by atoms with Gasteiger partial charge in [-0.15, -0.1) is 0 Å². The van der Waals surface area contributed by atoms with Crippen molar-refractivity contribution in [1.29, 1.82) is 0 Å². The van der Waals surface area contributed by atoms with Crippen LogP contribution in [0.25, 0.3) is 0 Å². The monoisotopic (exact) mass is 197 g/mol. The van der Waals surface area contributed by atoms with Crippen LogP contribution in [0.4, 0.5) is 10.1 Å². The van der Waals surface area contributed by atoms with E-state index in [0.717, 1.165) is 0 Å². The smallest absolute Gasteiger partial charge is 0.211 e. The number of carbonyl (C=O) groups is 1. The molecule has 2 rings (SSSR count). The molecule has 1 heterocycles. The fraction of sp³-hybridized carbons (Fsp3) is 0.222. The largest absolute Gasteiger partial charge is 0.465 e. The van der Waals surface area contributed by atoms with Crippen LogP contribution >= 0.6 is 0 Å². The number of benzene rings is 1. The van der Waals surface area contributed by atoms with Crippen molar-refractivity contribution in [2.75, 3.05) is 12.1 Å². The van der Waals surface area contributed by atoms with Crippen LogP contribution in [0.3, 0.4) is 0 Å². The van der Waals surface area contributed by atoms with Gasteiger partial charge in [0.1, 0.15) is 5.82 Å². The molecule has 1 aromatic rings. The first-order chi connectivity index (χ1) is 6.81. The molecule has 0 atom stereocenters. The van der Waals surface area contributed by atoms with Gasteiger partial charge in [0.25, 0.3) is 0 Å². The summed E-state index contributed by atoms with van der Waals surface area (Å²) < 4.78 is 23.1. The molecular formula is C9H8FNO3. The zero-order chi connectivity index (χ0) is 9.97. The van der Waals surface area contributed by atoms with Gasteiger partial charge in [0.2, 0.25) is 6.41 Å². The fourth-order valence-corrected chi connectivity index (χ4v) is 1.35. The van der Waals surface area contributed by atoms with E-state index < -0.39 is 5.82 Å². The number of halogens is 1. The molecule has 1 aliphatic heterocycles. The molecule has 0 saturated carbocycles. The Hall–Kier alpha value is -1.62. The first kappa shape index (κ1) is 8.96. The number of anilines is 1. The van der Waals surface area contributed by atoms with E-state index in [0.29, 0.717) is 30.0 Å². The zero-order valence-corrected chi connectivity index (χ0v) is 7.25. The average molecular weight is 197 g/mol. The highest BCUT2D eigenvalue weighted by atomic mass is 19.1. The predicted molar refractivity (Wildman–Crippen MR) is 46.4 cm³/mol. The summed E-state index contributed by atoms with van der Waals surface area (Å²) in [5.41, 5.74) is 0.930. The maximum absolute atomic E-state index is 13.0. The lowest BCUT2D eigenvalue weighted by Gasteiger charge is -2.20.